The Bertz CT molecular complexity index is 178. The summed E-state index contributed by atoms with van der Waals surface area (Å²) in [6, 6.07) is 0. The van der Waals surface area contributed by atoms with Crippen molar-refractivity contribution in [3.63, 3.8) is 0 Å². The minimum absolute atomic E-state index is 0.0475. The summed E-state index contributed by atoms with van der Waals surface area (Å²) in [6.45, 7) is 1.75. The van der Waals surface area contributed by atoms with E-state index in [1.54, 1.807) is 6.92 Å². The summed E-state index contributed by atoms with van der Waals surface area (Å²) in [7, 11) is -2.89. The van der Waals surface area contributed by atoms with Crippen LogP contribution in [0.5, 0.6) is 0 Å². The van der Waals surface area contributed by atoms with Crippen molar-refractivity contribution in [2.75, 3.05) is 11.5 Å². The standard InChI is InChI=1S/C5H10O3S/c1-4-2-9(7,8)3-5(4)6/h4-6H,2-3H2,1H3/t4?,5-/m1/s1. The third-order valence-corrected chi connectivity index (χ3v) is 3.48. The summed E-state index contributed by atoms with van der Waals surface area (Å²) in [4.78, 5) is 0. The van der Waals surface area contributed by atoms with E-state index in [0.29, 0.717) is 0 Å². The van der Waals surface area contributed by atoms with E-state index in [9.17, 15) is 8.42 Å². The molecule has 3 nitrogen and oxygen atoms in total. The smallest absolute Gasteiger partial charge is 0.153 e. The van der Waals surface area contributed by atoms with Gasteiger partial charge in [0.15, 0.2) is 9.84 Å². The molecule has 0 aromatic carbocycles. The van der Waals surface area contributed by atoms with Crippen LogP contribution in [-0.4, -0.2) is 31.1 Å². The summed E-state index contributed by atoms with van der Waals surface area (Å²) >= 11 is 0. The average molecular weight is 150 g/mol. The first-order valence-corrected chi connectivity index (χ1v) is 4.72. The van der Waals surface area contributed by atoms with Gasteiger partial charge in [0.25, 0.3) is 0 Å². The molecule has 0 aromatic heterocycles. The van der Waals surface area contributed by atoms with Gasteiger partial charge < -0.3 is 5.11 Å². The van der Waals surface area contributed by atoms with Crippen LogP contribution in [0, 0.1) is 5.92 Å². The van der Waals surface area contributed by atoms with Gasteiger partial charge in [0, 0.05) is 0 Å². The highest BCUT2D eigenvalue weighted by molar-refractivity contribution is 7.91. The molecule has 1 aliphatic heterocycles. The Balaban J connectivity index is 2.77. The predicted octanol–water partition coefficient (Wildman–Crippen LogP) is -0.588. The highest BCUT2D eigenvalue weighted by Gasteiger charge is 2.32. The van der Waals surface area contributed by atoms with E-state index in [-0.39, 0.29) is 17.4 Å². The molecule has 0 aromatic rings. The summed E-state index contributed by atoms with van der Waals surface area (Å²) in [5.74, 6) is 0.0255. The van der Waals surface area contributed by atoms with Gasteiger partial charge in [0.2, 0.25) is 0 Å². The SMILES string of the molecule is CC1CS(=O)(=O)C[C@H]1O. The van der Waals surface area contributed by atoms with E-state index in [0.717, 1.165) is 0 Å². The van der Waals surface area contributed by atoms with Crippen molar-refractivity contribution < 1.29 is 13.5 Å². The lowest BCUT2D eigenvalue weighted by atomic mass is 10.1. The molecule has 0 amide bonds. The van der Waals surface area contributed by atoms with Gasteiger partial charge in [-0.15, -0.1) is 0 Å². The van der Waals surface area contributed by atoms with Crippen LogP contribution in [-0.2, 0) is 9.84 Å². The van der Waals surface area contributed by atoms with E-state index < -0.39 is 15.9 Å². The fourth-order valence-corrected chi connectivity index (χ4v) is 3.01. The lowest BCUT2D eigenvalue weighted by Gasteiger charge is -2.01. The second-order valence-electron chi connectivity index (χ2n) is 2.62. The number of aliphatic hydroxyl groups is 1. The van der Waals surface area contributed by atoms with Crippen molar-refractivity contribution in [2.45, 2.75) is 13.0 Å². The fraction of sp³-hybridized carbons (Fsp3) is 1.00. The largest absolute Gasteiger partial charge is 0.392 e. The zero-order chi connectivity index (χ0) is 7.07. The molecule has 0 radical (unpaired) electrons. The first-order chi connectivity index (χ1) is 4.01. The number of sulfone groups is 1. The van der Waals surface area contributed by atoms with Gasteiger partial charge >= 0.3 is 0 Å². The van der Waals surface area contributed by atoms with Crippen LogP contribution in [0.15, 0.2) is 0 Å². The molecule has 54 valence electrons. The van der Waals surface area contributed by atoms with Crippen LogP contribution in [0.2, 0.25) is 0 Å². The molecule has 0 saturated carbocycles. The molecule has 9 heavy (non-hydrogen) atoms. The zero-order valence-electron chi connectivity index (χ0n) is 5.24. The Morgan fingerprint density at radius 1 is 1.44 bits per heavy atom. The van der Waals surface area contributed by atoms with Gasteiger partial charge in [-0.1, -0.05) is 6.92 Å². The number of hydrogen-bond acceptors (Lipinski definition) is 3. The minimum Gasteiger partial charge on any atom is -0.392 e. The molecule has 0 spiro atoms. The maximum absolute atomic E-state index is 10.7. The molecule has 1 heterocycles. The third-order valence-electron chi connectivity index (χ3n) is 1.60. The maximum atomic E-state index is 10.7. The van der Waals surface area contributed by atoms with Crippen molar-refractivity contribution >= 4 is 9.84 Å². The Morgan fingerprint density at radius 3 is 2.11 bits per heavy atom. The van der Waals surface area contributed by atoms with Gasteiger partial charge in [-0.2, -0.15) is 0 Å². The summed E-state index contributed by atoms with van der Waals surface area (Å²) in [5, 5.41) is 8.95. The molecule has 0 bridgehead atoms. The summed E-state index contributed by atoms with van der Waals surface area (Å²) in [6.07, 6.45) is -0.630. The quantitative estimate of drug-likeness (QED) is 0.502. The normalized spacial score (nSPS) is 41.1. The Kier molecular flexibility index (Phi) is 1.52. The number of aliphatic hydroxyl groups excluding tert-OH is 1. The van der Waals surface area contributed by atoms with Crippen LogP contribution in [0.4, 0.5) is 0 Å². The zero-order valence-corrected chi connectivity index (χ0v) is 6.06. The molecule has 0 aliphatic carbocycles. The van der Waals surface area contributed by atoms with E-state index >= 15 is 0 Å². The van der Waals surface area contributed by atoms with Crippen LogP contribution >= 0.6 is 0 Å². The van der Waals surface area contributed by atoms with Gasteiger partial charge in [-0.25, -0.2) is 8.42 Å². The first kappa shape index (κ1) is 7.02. The second-order valence-corrected chi connectivity index (χ2v) is 4.78. The van der Waals surface area contributed by atoms with Crippen LogP contribution in [0.3, 0.4) is 0 Å². The van der Waals surface area contributed by atoms with Crippen molar-refractivity contribution in [3.05, 3.63) is 0 Å². The van der Waals surface area contributed by atoms with Gasteiger partial charge in [-0.3, -0.25) is 0 Å². The van der Waals surface area contributed by atoms with Crippen LogP contribution < -0.4 is 0 Å². The van der Waals surface area contributed by atoms with Crippen molar-refractivity contribution in [3.8, 4) is 0 Å². The molecule has 2 atom stereocenters. The van der Waals surface area contributed by atoms with E-state index in [1.807, 2.05) is 0 Å². The Labute approximate surface area is 54.6 Å². The maximum Gasteiger partial charge on any atom is 0.153 e. The van der Waals surface area contributed by atoms with Gasteiger partial charge in [0.1, 0.15) is 0 Å². The Morgan fingerprint density at radius 2 is 2.00 bits per heavy atom. The minimum atomic E-state index is -2.89. The lowest BCUT2D eigenvalue weighted by Crippen LogP contribution is -2.13. The van der Waals surface area contributed by atoms with Crippen molar-refractivity contribution in [2.24, 2.45) is 5.92 Å². The molecule has 1 saturated heterocycles. The first-order valence-electron chi connectivity index (χ1n) is 2.90. The van der Waals surface area contributed by atoms with E-state index in [2.05, 4.69) is 0 Å². The monoisotopic (exact) mass is 150 g/mol. The van der Waals surface area contributed by atoms with E-state index in [1.165, 1.54) is 0 Å². The highest BCUT2D eigenvalue weighted by Crippen LogP contribution is 2.17. The van der Waals surface area contributed by atoms with Crippen LogP contribution in [0.25, 0.3) is 0 Å². The predicted molar refractivity (Wildman–Crippen MR) is 33.8 cm³/mol. The molecular formula is C5H10O3S. The topological polar surface area (TPSA) is 54.4 Å². The van der Waals surface area contributed by atoms with Gasteiger partial charge in [-0.05, 0) is 5.92 Å². The van der Waals surface area contributed by atoms with Crippen molar-refractivity contribution in [1.29, 1.82) is 0 Å². The molecule has 1 unspecified atom stereocenters. The van der Waals surface area contributed by atoms with E-state index in [4.69, 9.17) is 5.11 Å². The van der Waals surface area contributed by atoms with Gasteiger partial charge in [0.05, 0.1) is 17.6 Å². The number of rotatable bonds is 0. The van der Waals surface area contributed by atoms with Crippen molar-refractivity contribution in [1.82, 2.24) is 0 Å². The highest BCUT2D eigenvalue weighted by atomic mass is 32.2. The lowest BCUT2D eigenvalue weighted by molar-refractivity contribution is 0.159. The molecule has 1 fully saturated rings. The fourth-order valence-electron chi connectivity index (χ4n) is 1.00. The third kappa shape index (κ3) is 1.43. The summed E-state index contributed by atoms with van der Waals surface area (Å²) in [5.41, 5.74) is 0. The molecular weight excluding hydrogens is 140 g/mol. The molecule has 1 aliphatic rings. The molecule has 1 rings (SSSR count). The summed E-state index contributed by atoms with van der Waals surface area (Å²) < 4.78 is 21.4. The van der Waals surface area contributed by atoms with Crippen LogP contribution in [0.1, 0.15) is 6.92 Å². The average Bonchev–Trinajstić information content (AvgIpc) is 1.79. The second kappa shape index (κ2) is 1.95. The molecule has 4 heteroatoms. The number of hydrogen-bond donors (Lipinski definition) is 1. The Hall–Kier alpha value is -0.0900. The molecule has 1 N–H and O–H groups in total.